The van der Waals surface area contributed by atoms with Crippen LogP contribution in [0.2, 0.25) is 0 Å². The zero-order valence-corrected chi connectivity index (χ0v) is 12.0. The number of pyridine rings is 1. The van der Waals surface area contributed by atoms with Crippen LogP contribution in [0.4, 0.5) is 20.3 Å². The minimum atomic E-state index is -1.02. The first-order valence-electron chi connectivity index (χ1n) is 5.61. The van der Waals surface area contributed by atoms with Crippen molar-refractivity contribution in [2.45, 2.75) is 0 Å². The maximum atomic E-state index is 13.1. The third-order valence-electron chi connectivity index (χ3n) is 2.51. The van der Waals surface area contributed by atoms with E-state index >= 15 is 0 Å². The Bertz CT molecular complexity index is 664. The topological polar surface area (TPSA) is 54.0 Å². The summed E-state index contributed by atoms with van der Waals surface area (Å²) in [5.74, 6) is -2.09. The largest absolute Gasteiger partial charge is 0.372 e. The molecule has 0 aliphatic carbocycles. The van der Waals surface area contributed by atoms with E-state index in [9.17, 15) is 13.6 Å². The Balaban J connectivity index is 2.27. The van der Waals surface area contributed by atoms with Crippen LogP contribution in [-0.4, -0.2) is 17.9 Å². The second kappa shape index (κ2) is 5.96. The van der Waals surface area contributed by atoms with Gasteiger partial charge in [0.15, 0.2) is 11.6 Å². The number of anilines is 2. The summed E-state index contributed by atoms with van der Waals surface area (Å²) in [6, 6.07) is 4.72. The number of hydrogen-bond acceptors (Lipinski definition) is 3. The van der Waals surface area contributed by atoms with Gasteiger partial charge in [-0.3, -0.25) is 4.79 Å². The highest BCUT2D eigenvalue weighted by atomic mass is 79.9. The molecule has 0 fully saturated rings. The summed E-state index contributed by atoms with van der Waals surface area (Å²) in [6.45, 7) is 0. The molecule has 1 heterocycles. The zero-order valence-electron chi connectivity index (χ0n) is 10.4. The molecule has 4 nitrogen and oxygen atoms in total. The van der Waals surface area contributed by atoms with E-state index in [1.165, 1.54) is 6.07 Å². The molecule has 0 unspecified atom stereocenters. The van der Waals surface area contributed by atoms with E-state index in [0.717, 1.165) is 12.1 Å². The van der Waals surface area contributed by atoms with E-state index < -0.39 is 17.5 Å². The number of rotatable bonds is 3. The van der Waals surface area contributed by atoms with E-state index in [2.05, 4.69) is 31.5 Å². The Kier molecular flexibility index (Phi) is 4.29. The molecule has 0 atom stereocenters. The van der Waals surface area contributed by atoms with Gasteiger partial charge in [-0.05, 0) is 34.1 Å². The number of nitrogens with one attached hydrogen (secondary N) is 2. The van der Waals surface area contributed by atoms with Gasteiger partial charge in [0, 0.05) is 29.5 Å². The van der Waals surface area contributed by atoms with Crippen molar-refractivity contribution < 1.29 is 13.6 Å². The van der Waals surface area contributed by atoms with E-state index in [1.807, 2.05) is 0 Å². The second-order valence-electron chi connectivity index (χ2n) is 3.88. The Morgan fingerprint density at radius 2 is 2.00 bits per heavy atom. The van der Waals surface area contributed by atoms with Gasteiger partial charge in [0.25, 0.3) is 5.91 Å². The van der Waals surface area contributed by atoms with Crippen LogP contribution in [0.5, 0.6) is 0 Å². The lowest BCUT2D eigenvalue weighted by atomic mass is 10.2. The summed E-state index contributed by atoms with van der Waals surface area (Å²) < 4.78 is 26.5. The van der Waals surface area contributed by atoms with Crippen molar-refractivity contribution in [2.24, 2.45) is 0 Å². The molecule has 1 amide bonds. The summed E-state index contributed by atoms with van der Waals surface area (Å²) in [5, 5.41) is 5.26. The molecular weight excluding hydrogens is 332 g/mol. The minimum absolute atomic E-state index is 0.163. The first-order valence-corrected chi connectivity index (χ1v) is 6.40. The van der Waals surface area contributed by atoms with Crippen molar-refractivity contribution >= 4 is 33.3 Å². The van der Waals surface area contributed by atoms with Gasteiger partial charge in [-0.15, -0.1) is 0 Å². The first-order chi connectivity index (χ1) is 9.51. The van der Waals surface area contributed by atoms with Crippen LogP contribution < -0.4 is 10.6 Å². The molecule has 1 aromatic carbocycles. The van der Waals surface area contributed by atoms with Crippen LogP contribution in [-0.2, 0) is 0 Å². The Labute approximate surface area is 122 Å². The lowest BCUT2D eigenvalue weighted by molar-refractivity contribution is 0.102. The normalized spacial score (nSPS) is 10.2. The van der Waals surface area contributed by atoms with Crippen LogP contribution >= 0.6 is 15.9 Å². The molecule has 0 aliphatic rings. The fraction of sp³-hybridized carbons (Fsp3) is 0.0769. The van der Waals surface area contributed by atoms with Crippen LogP contribution in [0.25, 0.3) is 0 Å². The standard InChI is InChI=1S/C13H10BrF2N3O/c1-17-12-9(4-7(14)6-18-12)13(20)19-8-2-3-10(15)11(16)5-8/h2-6H,1H3,(H,17,18)(H,19,20). The third-order valence-corrected chi connectivity index (χ3v) is 2.95. The van der Waals surface area contributed by atoms with Gasteiger partial charge in [0.2, 0.25) is 0 Å². The monoisotopic (exact) mass is 341 g/mol. The maximum absolute atomic E-state index is 13.1. The van der Waals surface area contributed by atoms with Gasteiger partial charge in [0.1, 0.15) is 5.82 Å². The summed E-state index contributed by atoms with van der Waals surface area (Å²) in [7, 11) is 1.63. The zero-order chi connectivity index (χ0) is 14.7. The summed E-state index contributed by atoms with van der Waals surface area (Å²) in [6.07, 6.45) is 1.54. The lowest BCUT2D eigenvalue weighted by Gasteiger charge is -2.09. The van der Waals surface area contributed by atoms with E-state index in [4.69, 9.17) is 0 Å². The van der Waals surface area contributed by atoms with Gasteiger partial charge in [-0.2, -0.15) is 0 Å². The first kappa shape index (κ1) is 14.4. The molecule has 20 heavy (non-hydrogen) atoms. The molecule has 104 valence electrons. The van der Waals surface area contributed by atoms with Gasteiger partial charge >= 0.3 is 0 Å². The van der Waals surface area contributed by atoms with Crippen LogP contribution in [0.1, 0.15) is 10.4 Å². The Hall–Kier alpha value is -2.02. The molecule has 2 aromatic rings. The number of amides is 1. The maximum Gasteiger partial charge on any atom is 0.259 e. The van der Waals surface area contributed by atoms with E-state index in [0.29, 0.717) is 10.3 Å². The van der Waals surface area contributed by atoms with Crippen LogP contribution in [0, 0.1) is 11.6 Å². The SMILES string of the molecule is CNc1ncc(Br)cc1C(=O)Nc1ccc(F)c(F)c1. The third kappa shape index (κ3) is 3.11. The van der Waals surface area contributed by atoms with Gasteiger partial charge in [0.05, 0.1) is 5.56 Å². The Morgan fingerprint density at radius 1 is 1.25 bits per heavy atom. The summed E-state index contributed by atoms with van der Waals surface area (Å²) in [4.78, 5) is 16.2. The highest BCUT2D eigenvalue weighted by Crippen LogP contribution is 2.20. The lowest BCUT2D eigenvalue weighted by Crippen LogP contribution is -2.15. The second-order valence-corrected chi connectivity index (χ2v) is 4.80. The summed E-state index contributed by atoms with van der Waals surface area (Å²) >= 11 is 3.22. The van der Waals surface area contributed by atoms with Gasteiger partial charge in [-0.25, -0.2) is 13.8 Å². The molecule has 0 bridgehead atoms. The van der Waals surface area contributed by atoms with Crippen molar-refractivity contribution in [3.05, 3.63) is 52.1 Å². The number of carbonyl (C=O) groups excluding carboxylic acids is 1. The highest BCUT2D eigenvalue weighted by Gasteiger charge is 2.13. The number of benzene rings is 1. The molecule has 0 saturated carbocycles. The van der Waals surface area contributed by atoms with Crippen molar-refractivity contribution in [1.29, 1.82) is 0 Å². The highest BCUT2D eigenvalue weighted by molar-refractivity contribution is 9.10. The van der Waals surface area contributed by atoms with Crippen molar-refractivity contribution in [2.75, 3.05) is 17.7 Å². The quantitative estimate of drug-likeness (QED) is 0.899. The molecular formula is C13H10BrF2N3O. The number of hydrogen-bond donors (Lipinski definition) is 2. The molecule has 0 spiro atoms. The fourth-order valence-corrected chi connectivity index (χ4v) is 1.92. The molecule has 2 N–H and O–H groups in total. The molecule has 2 rings (SSSR count). The Morgan fingerprint density at radius 3 is 2.65 bits per heavy atom. The average molecular weight is 342 g/mol. The van der Waals surface area contributed by atoms with E-state index in [-0.39, 0.29) is 11.3 Å². The fourth-order valence-electron chi connectivity index (χ4n) is 1.58. The van der Waals surface area contributed by atoms with E-state index in [1.54, 1.807) is 19.3 Å². The van der Waals surface area contributed by atoms with Crippen molar-refractivity contribution in [3.8, 4) is 0 Å². The summed E-state index contributed by atoms with van der Waals surface area (Å²) in [5.41, 5.74) is 0.447. The molecule has 1 aromatic heterocycles. The van der Waals surface area contributed by atoms with Gasteiger partial charge in [-0.1, -0.05) is 0 Å². The van der Waals surface area contributed by atoms with Crippen LogP contribution in [0.15, 0.2) is 34.9 Å². The van der Waals surface area contributed by atoms with Crippen LogP contribution in [0.3, 0.4) is 0 Å². The van der Waals surface area contributed by atoms with Crippen molar-refractivity contribution in [3.63, 3.8) is 0 Å². The van der Waals surface area contributed by atoms with Gasteiger partial charge < -0.3 is 10.6 Å². The smallest absolute Gasteiger partial charge is 0.259 e. The number of halogens is 3. The molecule has 0 radical (unpaired) electrons. The molecule has 0 saturated heterocycles. The number of nitrogens with zero attached hydrogens (tertiary/aromatic N) is 1. The average Bonchev–Trinajstić information content (AvgIpc) is 2.43. The predicted molar refractivity (Wildman–Crippen MR) is 75.8 cm³/mol. The number of aromatic nitrogens is 1. The molecule has 7 heteroatoms. The molecule has 0 aliphatic heterocycles. The number of carbonyl (C=O) groups is 1. The minimum Gasteiger partial charge on any atom is -0.372 e. The predicted octanol–water partition coefficient (Wildman–Crippen LogP) is 3.42. The van der Waals surface area contributed by atoms with Crippen molar-refractivity contribution in [1.82, 2.24) is 4.98 Å².